The SMILES string of the molecule is CN(Cc1ccccc1NC(=O)c1cc(S(C)(=O)=O)ccc1Cl)C1CCCCC1. The van der Waals surface area contributed by atoms with Gasteiger partial charge in [-0.15, -0.1) is 0 Å². The summed E-state index contributed by atoms with van der Waals surface area (Å²) in [6, 6.07) is 12.4. The van der Waals surface area contributed by atoms with Crippen LogP contribution in [0.5, 0.6) is 0 Å². The smallest absolute Gasteiger partial charge is 0.257 e. The maximum absolute atomic E-state index is 12.8. The maximum atomic E-state index is 12.8. The Balaban J connectivity index is 1.79. The first-order valence-corrected chi connectivity index (χ1v) is 12.1. The van der Waals surface area contributed by atoms with Crippen LogP contribution in [0.3, 0.4) is 0 Å². The number of carbonyl (C=O) groups excluding carboxylic acids is 1. The molecule has 1 fully saturated rings. The Bertz CT molecular complexity index is 985. The van der Waals surface area contributed by atoms with Crippen LogP contribution < -0.4 is 5.32 Å². The zero-order valence-electron chi connectivity index (χ0n) is 16.8. The molecule has 0 unspecified atom stereocenters. The van der Waals surface area contributed by atoms with Gasteiger partial charge in [0.05, 0.1) is 15.5 Å². The number of nitrogens with zero attached hydrogens (tertiary/aromatic N) is 1. The molecule has 2 aromatic rings. The van der Waals surface area contributed by atoms with Gasteiger partial charge in [0.2, 0.25) is 0 Å². The second-order valence-electron chi connectivity index (χ2n) is 7.73. The van der Waals surface area contributed by atoms with E-state index in [0.29, 0.717) is 11.7 Å². The number of anilines is 1. The van der Waals surface area contributed by atoms with E-state index < -0.39 is 15.7 Å². The van der Waals surface area contributed by atoms with Crippen LogP contribution in [0.25, 0.3) is 0 Å². The van der Waals surface area contributed by atoms with Crippen LogP contribution in [0, 0.1) is 0 Å². The van der Waals surface area contributed by atoms with E-state index in [9.17, 15) is 13.2 Å². The van der Waals surface area contributed by atoms with Crippen molar-refractivity contribution in [2.45, 2.75) is 49.6 Å². The predicted molar refractivity (Wildman–Crippen MR) is 117 cm³/mol. The first-order valence-electron chi connectivity index (χ1n) is 9.85. The van der Waals surface area contributed by atoms with E-state index in [0.717, 1.165) is 18.4 Å². The molecule has 1 aliphatic rings. The quantitative estimate of drug-likeness (QED) is 0.711. The fraction of sp³-hybridized carbons (Fsp3) is 0.409. The number of sulfone groups is 1. The molecule has 1 N–H and O–H groups in total. The number of nitrogens with one attached hydrogen (secondary N) is 1. The molecular formula is C22H27ClN2O3S. The fourth-order valence-electron chi connectivity index (χ4n) is 3.80. The minimum atomic E-state index is -3.43. The standard InChI is InChI=1S/C22H27ClN2O3S/c1-25(17-9-4-3-5-10-17)15-16-8-6-7-11-21(16)24-22(26)19-14-18(29(2,27)28)12-13-20(19)23/h6-8,11-14,17H,3-5,9-10,15H2,1-2H3,(H,24,26). The van der Waals surface area contributed by atoms with Crippen molar-refractivity contribution in [2.24, 2.45) is 0 Å². The summed E-state index contributed by atoms with van der Waals surface area (Å²) < 4.78 is 23.6. The molecule has 1 aliphatic carbocycles. The van der Waals surface area contributed by atoms with Gasteiger partial charge in [0.1, 0.15) is 0 Å². The summed E-state index contributed by atoms with van der Waals surface area (Å²) in [5.41, 5.74) is 1.87. The summed E-state index contributed by atoms with van der Waals surface area (Å²) in [5.74, 6) is -0.423. The lowest BCUT2D eigenvalue weighted by Crippen LogP contribution is -2.33. The van der Waals surface area contributed by atoms with Crippen molar-refractivity contribution < 1.29 is 13.2 Å². The molecule has 29 heavy (non-hydrogen) atoms. The molecule has 156 valence electrons. The first kappa shape index (κ1) is 21.8. The average Bonchev–Trinajstić information content (AvgIpc) is 2.69. The minimum absolute atomic E-state index is 0.0670. The molecule has 0 radical (unpaired) electrons. The zero-order valence-corrected chi connectivity index (χ0v) is 18.4. The topological polar surface area (TPSA) is 66.5 Å². The van der Waals surface area contributed by atoms with Gasteiger partial charge in [0.15, 0.2) is 9.84 Å². The monoisotopic (exact) mass is 434 g/mol. The summed E-state index contributed by atoms with van der Waals surface area (Å²) in [6.07, 6.45) is 7.36. The molecule has 0 aliphatic heterocycles. The lowest BCUT2D eigenvalue weighted by atomic mass is 9.94. The van der Waals surface area contributed by atoms with Crippen molar-refractivity contribution in [3.05, 3.63) is 58.6 Å². The molecule has 0 atom stereocenters. The number of amides is 1. The summed E-state index contributed by atoms with van der Waals surface area (Å²) in [4.78, 5) is 15.3. The van der Waals surface area contributed by atoms with Crippen LogP contribution >= 0.6 is 11.6 Å². The number of hydrogen-bond acceptors (Lipinski definition) is 4. The van der Waals surface area contributed by atoms with Crippen LogP contribution in [-0.4, -0.2) is 38.6 Å². The Morgan fingerprint density at radius 3 is 2.52 bits per heavy atom. The Kier molecular flexibility index (Phi) is 6.98. The first-order chi connectivity index (χ1) is 13.8. The maximum Gasteiger partial charge on any atom is 0.257 e. The van der Waals surface area contributed by atoms with E-state index in [1.165, 1.54) is 50.3 Å². The van der Waals surface area contributed by atoms with Gasteiger partial charge < -0.3 is 5.32 Å². The van der Waals surface area contributed by atoms with Gasteiger partial charge in [-0.2, -0.15) is 0 Å². The number of carbonyl (C=O) groups is 1. The Hall–Kier alpha value is -1.89. The third-order valence-corrected chi connectivity index (χ3v) is 6.93. The highest BCUT2D eigenvalue weighted by Gasteiger charge is 2.20. The van der Waals surface area contributed by atoms with Gasteiger partial charge >= 0.3 is 0 Å². The second kappa shape index (κ2) is 9.28. The number of rotatable bonds is 6. The van der Waals surface area contributed by atoms with E-state index in [1.54, 1.807) is 0 Å². The van der Waals surface area contributed by atoms with Gasteiger partial charge in [0.25, 0.3) is 5.91 Å². The normalized spacial score (nSPS) is 15.4. The van der Waals surface area contributed by atoms with Crippen LogP contribution in [-0.2, 0) is 16.4 Å². The highest BCUT2D eigenvalue weighted by Crippen LogP contribution is 2.26. The molecule has 1 saturated carbocycles. The number of hydrogen-bond donors (Lipinski definition) is 1. The third-order valence-electron chi connectivity index (χ3n) is 5.49. The predicted octanol–water partition coefficient (Wildman–Crippen LogP) is 4.76. The van der Waals surface area contributed by atoms with Crippen LogP contribution in [0.1, 0.15) is 48.0 Å². The largest absolute Gasteiger partial charge is 0.322 e. The number of halogens is 1. The fourth-order valence-corrected chi connectivity index (χ4v) is 4.65. The molecular weight excluding hydrogens is 408 g/mol. The van der Waals surface area contributed by atoms with E-state index in [-0.39, 0.29) is 15.5 Å². The van der Waals surface area contributed by atoms with Crippen molar-refractivity contribution in [3.63, 3.8) is 0 Å². The third kappa shape index (κ3) is 5.59. The molecule has 3 rings (SSSR count). The number of para-hydroxylation sites is 1. The molecule has 7 heteroatoms. The van der Waals surface area contributed by atoms with E-state index in [4.69, 9.17) is 11.6 Å². The van der Waals surface area contributed by atoms with E-state index in [2.05, 4.69) is 17.3 Å². The van der Waals surface area contributed by atoms with Gasteiger partial charge in [-0.1, -0.05) is 49.1 Å². The second-order valence-corrected chi connectivity index (χ2v) is 10.2. The van der Waals surface area contributed by atoms with Crippen LogP contribution in [0.4, 0.5) is 5.69 Å². The van der Waals surface area contributed by atoms with Gasteiger partial charge in [-0.25, -0.2) is 8.42 Å². The summed E-state index contributed by atoms with van der Waals surface area (Å²) in [6.45, 7) is 0.734. The minimum Gasteiger partial charge on any atom is -0.322 e. The molecule has 0 heterocycles. The molecule has 1 amide bonds. The lowest BCUT2D eigenvalue weighted by molar-refractivity contribution is 0.102. The van der Waals surface area contributed by atoms with Crippen molar-refractivity contribution in [2.75, 3.05) is 18.6 Å². The van der Waals surface area contributed by atoms with Gasteiger partial charge in [-0.05, 0) is 49.7 Å². The van der Waals surface area contributed by atoms with E-state index >= 15 is 0 Å². The van der Waals surface area contributed by atoms with Gasteiger partial charge in [-0.3, -0.25) is 9.69 Å². The van der Waals surface area contributed by atoms with E-state index in [1.807, 2.05) is 24.3 Å². The highest BCUT2D eigenvalue weighted by atomic mass is 35.5. The molecule has 0 saturated heterocycles. The Labute approximate surface area is 178 Å². The zero-order chi connectivity index (χ0) is 21.0. The summed E-state index contributed by atoms with van der Waals surface area (Å²) >= 11 is 6.17. The average molecular weight is 435 g/mol. The highest BCUT2D eigenvalue weighted by molar-refractivity contribution is 7.90. The van der Waals surface area contributed by atoms with Gasteiger partial charge in [0, 0.05) is 24.5 Å². The molecule has 2 aromatic carbocycles. The van der Waals surface area contributed by atoms with Crippen LogP contribution in [0.15, 0.2) is 47.4 Å². The number of benzene rings is 2. The summed E-state index contributed by atoms with van der Waals surface area (Å²) in [5, 5.41) is 3.12. The molecule has 0 spiro atoms. The lowest BCUT2D eigenvalue weighted by Gasteiger charge is -2.31. The van der Waals surface area contributed by atoms with Crippen molar-refractivity contribution >= 4 is 33.0 Å². The summed E-state index contributed by atoms with van der Waals surface area (Å²) in [7, 11) is -1.30. The Morgan fingerprint density at radius 1 is 1.14 bits per heavy atom. The molecule has 0 bridgehead atoms. The Morgan fingerprint density at radius 2 is 1.83 bits per heavy atom. The molecule has 5 nitrogen and oxygen atoms in total. The van der Waals surface area contributed by atoms with Crippen molar-refractivity contribution in [1.29, 1.82) is 0 Å². The van der Waals surface area contributed by atoms with Crippen molar-refractivity contribution in [3.8, 4) is 0 Å². The molecule has 0 aromatic heterocycles. The van der Waals surface area contributed by atoms with Crippen LogP contribution in [0.2, 0.25) is 5.02 Å². The van der Waals surface area contributed by atoms with Crippen molar-refractivity contribution in [1.82, 2.24) is 4.90 Å².